The quantitative estimate of drug-likeness (QED) is 0.513. The molecular weight excluding hydrogens is 459 g/mol. The van der Waals surface area contributed by atoms with Crippen molar-refractivity contribution in [3.05, 3.63) is 44.2 Å². The number of amides is 1. The summed E-state index contributed by atoms with van der Waals surface area (Å²) in [6, 6.07) is 6.76. The van der Waals surface area contributed by atoms with Crippen molar-refractivity contribution in [3.8, 4) is 6.07 Å². The average Bonchev–Trinajstić information content (AvgIpc) is 2.63. The van der Waals surface area contributed by atoms with Gasteiger partial charge in [0.2, 0.25) is 0 Å². The molecule has 0 atom stereocenters. The number of aromatic nitrogens is 2. The number of hydrogen-bond donors (Lipinski definition) is 0. The van der Waals surface area contributed by atoms with E-state index in [1.54, 1.807) is 46.0 Å². The second-order valence-corrected chi connectivity index (χ2v) is 9.93. The van der Waals surface area contributed by atoms with Crippen molar-refractivity contribution in [2.45, 2.75) is 56.1 Å². The first-order chi connectivity index (χ1) is 14.3. The molecule has 0 saturated heterocycles. The smallest absolute Gasteiger partial charge is 0.415 e. The van der Waals surface area contributed by atoms with E-state index in [9.17, 15) is 9.59 Å². The topological polar surface area (TPSA) is 88.2 Å². The van der Waals surface area contributed by atoms with Gasteiger partial charge in [0.1, 0.15) is 17.2 Å². The van der Waals surface area contributed by atoms with E-state index in [1.165, 1.54) is 21.3 Å². The highest BCUT2D eigenvalue weighted by Gasteiger charge is 2.25. The summed E-state index contributed by atoms with van der Waals surface area (Å²) in [5.74, 6) is 0.0303. The minimum absolute atomic E-state index is 0.0303. The molecule has 0 aliphatic heterocycles. The molecule has 0 saturated carbocycles. The average molecular weight is 483 g/mol. The number of anilines is 1. The maximum atomic E-state index is 12.5. The first-order valence-corrected chi connectivity index (χ1v) is 11.0. The van der Waals surface area contributed by atoms with Gasteiger partial charge in [-0.15, -0.1) is 0 Å². The molecule has 2 rings (SSSR count). The van der Waals surface area contributed by atoms with E-state index in [2.05, 4.69) is 5.10 Å². The second-order valence-electron chi connectivity index (χ2n) is 8.09. The largest absolute Gasteiger partial charge is 0.443 e. The molecule has 2 aromatic rings. The lowest BCUT2D eigenvalue weighted by molar-refractivity contribution is 0.0585. The summed E-state index contributed by atoms with van der Waals surface area (Å²) < 4.78 is 6.66. The number of nitrogens with zero attached hydrogens (tertiary/aromatic N) is 4. The molecule has 1 aromatic heterocycles. The van der Waals surface area contributed by atoms with Crippen LogP contribution in [0.5, 0.6) is 0 Å². The highest BCUT2D eigenvalue weighted by atomic mass is 35.5. The minimum atomic E-state index is -0.725. The molecule has 0 fully saturated rings. The Bertz CT molecular complexity index is 1060. The molecule has 10 heteroatoms. The highest BCUT2D eigenvalue weighted by molar-refractivity contribution is 7.99. The van der Waals surface area contributed by atoms with Gasteiger partial charge in [-0.05, 0) is 44.9 Å². The van der Waals surface area contributed by atoms with Crippen LogP contribution < -0.4 is 10.5 Å². The summed E-state index contributed by atoms with van der Waals surface area (Å²) in [6.45, 7) is 8.84. The third-order valence-corrected chi connectivity index (χ3v) is 5.91. The van der Waals surface area contributed by atoms with Crippen molar-refractivity contribution >= 4 is 46.7 Å². The molecule has 0 N–H and O–H groups in total. The number of benzene rings is 1. The summed E-state index contributed by atoms with van der Waals surface area (Å²) in [7, 11) is 1.59. The van der Waals surface area contributed by atoms with E-state index in [1.807, 2.05) is 19.9 Å². The molecule has 0 bridgehead atoms. The van der Waals surface area contributed by atoms with Crippen LogP contribution in [-0.4, -0.2) is 28.0 Å². The second kappa shape index (κ2) is 9.94. The molecule has 7 nitrogen and oxygen atoms in total. The van der Waals surface area contributed by atoms with E-state index < -0.39 is 11.7 Å². The molecule has 0 unspecified atom stereocenters. The number of ether oxygens (including phenoxy) is 1. The summed E-state index contributed by atoms with van der Waals surface area (Å²) in [5, 5.41) is 14.5. The van der Waals surface area contributed by atoms with E-state index in [-0.39, 0.29) is 28.1 Å². The number of halogens is 2. The molecule has 0 spiro atoms. The van der Waals surface area contributed by atoms with Gasteiger partial charge in [0.15, 0.2) is 0 Å². The van der Waals surface area contributed by atoms with Crippen molar-refractivity contribution in [1.82, 2.24) is 9.78 Å². The summed E-state index contributed by atoms with van der Waals surface area (Å²) >= 11 is 14.2. The Labute approximate surface area is 195 Å². The molecule has 0 aliphatic rings. The normalized spacial score (nSPS) is 11.4. The first kappa shape index (κ1) is 25.1. The van der Waals surface area contributed by atoms with Crippen molar-refractivity contribution < 1.29 is 9.53 Å². The number of aryl methyl sites for hydroxylation is 1. The molecule has 31 heavy (non-hydrogen) atoms. The van der Waals surface area contributed by atoms with Gasteiger partial charge >= 0.3 is 6.09 Å². The van der Waals surface area contributed by atoms with Crippen LogP contribution >= 0.6 is 35.0 Å². The number of hydrogen-bond acceptors (Lipinski definition) is 6. The molecule has 166 valence electrons. The van der Waals surface area contributed by atoms with Crippen molar-refractivity contribution in [1.29, 1.82) is 5.26 Å². The molecule has 1 heterocycles. The van der Waals surface area contributed by atoms with Gasteiger partial charge in [-0.2, -0.15) is 10.4 Å². The van der Waals surface area contributed by atoms with Crippen LogP contribution in [0.1, 0.15) is 46.1 Å². The predicted octanol–water partition coefficient (Wildman–Crippen LogP) is 5.63. The van der Waals surface area contributed by atoms with Crippen LogP contribution in [0.4, 0.5) is 10.5 Å². The van der Waals surface area contributed by atoms with Crippen molar-refractivity contribution in [3.63, 3.8) is 0 Å². The third-order valence-electron chi connectivity index (χ3n) is 4.03. The Hall–Kier alpha value is -2.21. The lowest BCUT2D eigenvalue weighted by Gasteiger charge is -2.26. The van der Waals surface area contributed by atoms with Crippen molar-refractivity contribution in [2.24, 2.45) is 7.05 Å². The van der Waals surface area contributed by atoms with Gasteiger partial charge in [0.05, 0.1) is 26.7 Å². The van der Waals surface area contributed by atoms with Gasteiger partial charge in [-0.25, -0.2) is 9.48 Å². The van der Waals surface area contributed by atoms with Crippen LogP contribution in [0.2, 0.25) is 10.0 Å². The Morgan fingerprint density at radius 1 is 1.29 bits per heavy atom. The van der Waals surface area contributed by atoms with E-state index in [0.717, 1.165) is 0 Å². The Balaban J connectivity index is 2.43. The molecular formula is C21H24Cl2N4O3S. The summed E-state index contributed by atoms with van der Waals surface area (Å²) in [6.07, 6.45) is -0.678. The van der Waals surface area contributed by atoms with Gasteiger partial charge < -0.3 is 4.74 Å². The number of nitriles is 1. The lowest BCUT2D eigenvalue weighted by atomic mass is 10.1. The Kier molecular flexibility index (Phi) is 8.04. The van der Waals surface area contributed by atoms with Crippen LogP contribution in [0, 0.1) is 11.3 Å². The van der Waals surface area contributed by atoms with E-state index >= 15 is 0 Å². The van der Waals surface area contributed by atoms with Crippen LogP contribution in [0.25, 0.3) is 0 Å². The third kappa shape index (κ3) is 6.39. The molecule has 1 aromatic carbocycles. The monoisotopic (exact) mass is 482 g/mol. The zero-order chi connectivity index (χ0) is 23.5. The summed E-state index contributed by atoms with van der Waals surface area (Å²) in [5.41, 5.74) is 0.0915. The van der Waals surface area contributed by atoms with Gasteiger partial charge in [-0.3, -0.25) is 9.69 Å². The molecule has 0 aliphatic carbocycles. The standard InChI is InChI=1S/C21H24Cl2N4O3S/c1-12(2)14-11-17(25-26(6)19(14)28)31-18-15(22)9-13(10-16(18)23)27(8-7-24)20(29)30-21(3,4)5/h9-12H,8H2,1-6H3. The van der Waals surface area contributed by atoms with Gasteiger partial charge in [0, 0.05) is 12.6 Å². The SMILES string of the molecule is CC(C)c1cc(Sc2c(Cl)cc(N(CC#N)C(=O)OC(C)(C)C)cc2Cl)nn(C)c1=O. The van der Waals surface area contributed by atoms with Crippen LogP contribution in [-0.2, 0) is 11.8 Å². The fourth-order valence-corrected chi connectivity index (χ4v) is 4.20. The maximum Gasteiger partial charge on any atom is 0.415 e. The number of carbonyl (C=O) groups is 1. The van der Waals surface area contributed by atoms with E-state index in [0.29, 0.717) is 21.2 Å². The highest BCUT2D eigenvalue weighted by Crippen LogP contribution is 2.41. The first-order valence-electron chi connectivity index (χ1n) is 9.46. The van der Waals surface area contributed by atoms with Crippen molar-refractivity contribution in [2.75, 3.05) is 11.4 Å². The van der Waals surface area contributed by atoms with Crippen LogP contribution in [0.3, 0.4) is 0 Å². The summed E-state index contributed by atoms with van der Waals surface area (Å²) in [4.78, 5) is 26.5. The molecule has 1 amide bonds. The molecule has 0 radical (unpaired) electrons. The fraction of sp³-hybridized carbons (Fsp3) is 0.429. The van der Waals surface area contributed by atoms with Gasteiger partial charge in [-0.1, -0.05) is 48.8 Å². The zero-order valence-electron chi connectivity index (χ0n) is 18.2. The maximum absolute atomic E-state index is 12.5. The predicted molar refractivity (Wildman–Crippen MR) is 123 cm³/mol. The lowest BCUT2D eigenvalue weighted by Crippen LogP contribution is -2.37. The van der Waals surface area contributed by atoms with Crippen LogP contribution in [0.15, 0.2) is 32.9 Å². The zero-order valence-corrected chi connectivity index (χ0v) is 20.5. The van der Waals surface area contributed by atoms with E-state index in [4.69, 9.17) is 33.2 Å². The fourth-order valence-electron chi connectivity index (χ4n) is 2.62. The Morgan fingerprint density at radius 2 is 1.87 bits per heavy atom. The Morgan fingerprint density at radius 3 is 2.35 bits per heavy atom. The number of carbonyl (C=O) groups excluding carboxylic acids is 1. The van der Waals surface area contributed by atoms with Gasteiger partial charge in [0.25, 0.3) is 5.56 Å². The minimum Gasteiger partial charge on any atom is -0.443 e. The number of rotatable bonds is 5.